The van der Waals surface area contributed by atoms with Crippen LogP contribution in [0, 0.1) is 5.92 Å². The van der Waals surface area contributed by atoms with Crippen LogP contribution in [-0.2, 0) is 21.4 Å². The van der Waals surface area contributed by atoms with Crippen molar-refractivity contribution in [3.8, 4) is 0 Å². The van der Waals surface area contributed by atoms with Gasteiger partial charge in [-0.3, -0.25) is 9.78 Å². The maximum Gasteiger partial charge on any atom is 0.285 e. The van der Waals surface area contributed by atoms with Crippen LogP contribution in [0.4, 0.5) is 0 Å². The van der Waals surface area contributed by atoms with Crippen molar-refractivity contribution >= 4 is 38.3 Å². The Morgan fingerprint density at radius 1 is 1.19 bits per heavy atom. The van der Waals surface area contributed by atoms with Crippen LogP contribution < -0.4 is 5.32 Å². The third kappa shape index (κ3) is 4.65. The number of aromatic nitrogens is 1. The molecule has 1 fully saturated rings. The average Bonchev–Trinajstić information content (AvgIpc) is 3.02. The number of amides is 1. The molecule has 3 heterocycles. The van der Waals surface area contributed by atoms with Gasteiger partial charge in [-0.25, -0.2) is 0 Å². The molecule has 1 N–H and O–H groups in total. The van der Waals surface area contributed by atoms with Crippen molar-refractivity contribution in [1.82, 2.24) is 15.2 Å². The Balaban J connectivity index is 1.41. The van der Waals surface area contributed by atoms with Gasteiger partial charge in [0, 0.05) is 48.5 Å². The lowest BCUT2D eigenvalue weighted by molar-refractivity contribution is -0.126. The lowest BCUT2D eigenvalue weighted by Gasteiger charge is -2.32. The molecule has 9 heteroatoms. The Morgan fingerprint density at radius 3 is 2.55 bits per heavy atom. The van der Waals surface area contributed by atoms with Crippen molar-refractivity contribution in [2.24, 2.45) is 10.3 Å². The molecule has 2 aromatic rings. The molecule has 162 valence electrons. The van der Waals surface area contributed by atoms with Crippen molar-refractivity contribution in [2.75, 3.05) is 13.1 Å². The van der Waals surface area contributed by atoms with Crippen molar-refractivity contribution in [3.05, 3.63) is 70.5 Å². The smallest absolute Gasteiger partial charge is 0.285 e. The highest BCUT2D eigenvalue weighted by Crippen LogP contribution is 2.35. The Kier molecular flexibility index (Phi) is 6.11. The van der Waals surface area contributed by atoms with E-state index >= 15 is 0 Å². The zero-order valence-electron chi connectivity index (χ0n) is 17.1. The molecule has 4 rings (SSSR count). The number of piperidine rings is 1. The minimum atomic E-state index is -3.77. The number of halogens is 1. The lowest BCUT2D eigenvalue weighted by atomic mass is 9.95. The van der Waals surface area contributed by atoms with Gasteiger partial charge in [0.15, 0.2) is 0 Å². The fraction of sp³-hybridized carbons (Fsp3) is 0.318. The molecule has 0 spiro atoms. The van der Waals surface area contributed by atoms with Crippen LogP contribution in [0.25, 0.3) is 4.91 Å². The predicted octanol–water partition coefficient (Wildman–Crippen LogP) is 3.24. The van der Waals surface area contributed by atoms with Gasteiger partial charge in [0.25, 0.3) is 10.0 Å². The van der Waals surface area contributed by atoms with Gasteiger partial charge in [0.2, 0.25) is 5.91 Å². The predicted molar refractivity (Wildman–Crippen MR) is 121 cm³/mol. The lowest BCUT2D eigenvalue weighted by Crippen LogP contribution is -2.43. The maximum absolute atomic E-state index is 12.7. The van der Waals surface area contributed by atoms with Crippen LogP contribution in [0.15, 0.2) is 58.8 Å². The molecule has 0 saturated carbocycles. The number of benzene rings is 1. The molecule has 0 bridgehead atoms. The number of hydrogen-bond acceptors (Lipinski definition) is 5. The molecule has 1 aromatic heterocycles. The number of carbonyl (C=O) groups is 1. The second-order valence-electron chi connectivity index (χ2n) is 7.69. The van der Waals surface area contributed by atoms with Crippen molar-refractivity contribution in [1.29, 1.82) is 0 Å². The molecule has 31 heavy (non-hydrogen) atoms. The number of pyridine rings is 1. The van der Waals surface area contributed by atoms with E-state index in [1.165, 1.54) is 0 Å². The topological polar surface area (TPSA) is 91.7 Å². The molecule has 2 aliphatic heterocycles. The van der Waals surface area contributed by atoms with E-state index in [9.17, 15) is 13.2 Å². The molecule has 1 amide bonds. The summed E-state index contributed by atoms with van der Waals surface area (Å²) in [6, 6.07) is 10.5. The SMILES string of the molecule is CC1=C(c2ccc(Cl)cc2)S(=O)(=O)N=C1N1CCC(C(=O)NCc2cccnc2)CC1. The standard InChI is InChI=1S/C22H23ClN4O3S/c1-15-20(17-4-6-19(23)7-5-17)31(29,30)26-21(15)27-11-8-18(9-12-27)22(28)25-14-16-3-2-10-24-13-16/h2-7,10,13,18H,8-9,11-12,14H2,1H3,(H,25,28). The number of nitrogens with one attached hydrogen (secondary N) is 1. The molecule has 0 aliphatic carbocycles. The average molecular weight is 459 g/mol. The Labute approximate surface area is 186 Å². The fourth-order valence-corrected chi connectivity index (χ4v) is 5.58. The molecule has 1 aromatic carbocycles. The van der Waals surface area contributed by atoms with Gasteiger partial charge in [-0.05, 0) is 49.1 Å². The zero-order valence-corrected chi connectivity index (χ0v) is 18.7. The number of hydrogen-bond donors (Lipinski definition) is 1. The summed E-state index contributed by atoms with van der Waals surface area (Å²) in [5, 5.41) is 3.51. The Hall–Kier alpha value is -2.71. The van der Waals surface area contributed by atoms with Crippen molar-refractivity contribution < 1.29 is 13.2 Å². The van der Waals surface area contributed by atoms with Gasteiger partial charge in [-0.1, -0.05) is 29.8 Å². The normalized spacial score (nSPS) is 18.8. The van der Waals surface area contributed by atoms with Crippen LogP contribution in [0.2, 0.25) is 5.02 Å². The highest BCUT2D eigenvalue weighted by molar-refractivity contribution is 8.00. The number of likely N-dealkylation sites (tertiary alicyclic amines) is 1. The quantitative estimate of drug-likeness (QED) is 0.759. The molecule has 1 saturated heterocycles. The second kappa shape index (κ2) is 8.80. The summed E-state index contributed by atoms with van der Waals surface area (Å²) in [7, 11) is -3.77. The first-order chi connectivity index (χ1) is 14.8. The number of amidine groups is 1. The largest absolute Gasteiger partial charge is 0.356 e. The summed E-state index contributed by atoms with van der Waals surface area (Å²) in [4.78, 5) is 18.8. The van der Waals surface area contributed by atoms with Crippen LogP contribution in [0.1, 0.15) is 30.9 Å². The molecular weight excluding hydrogens is 436 g/mol. The monoisotopic (exact) mass is 458 g/mol. The summed E-state index contributed by atoms with van der Waals surface area (Å²) in [5.74, 6) is 0.379. The van der Waals surface area contributed by atoms with E-state index in [1.54, 1.807) is 43.6 Å². The van der Waals surface area contributed by atoms with Gasteiger partial charge >= 0.3 is 0 Å². The minimum absolute atomic E-state index is 0.0126. The van der Waals surface area contributed by atoms with Gasteiger partial charge in [-0.2, -0.15) is 8.42 Å². The number of rotatable bonds is 4. The van der Waals surface area contributed by atoms with E-state index < -0.39 is 10.0 Å². The first-order valence-corrected chi connectivity index (χ1v) is 11.9. The van der Waals surface area contributed by atoms with Gasteiger partial charge in [0.05, 0.1) is 0 Å². The highest BCUT2D eigenvalue weighted by Gasteiger charge is 2.35. The Morgan fingerprint density at radius 2 is 1.90 bits per heavy atom. The summed E-state index contributed by atoms with van der Waals surface area (Å²) in [6.45, 7) is 3.37. The van der Waals surface area contributed by atoms with Crippen LogP contribution >= 0.6 is 11.6 Å². The summed E-state index contributed by atoms with van der Waals surface area (Å²) in [5.41, 5.74) is 2.15. The number of nitrogens with zero attached hydrogens (tertiary/aromatic N) is 3. The van der Waals surface area contributed by atoms with Crippen LogP contribution in [0.3, 0.4) is 0 Å². The third-order valence-electron chi connectivity index (χ3n) is 5.60. The first kappa shape index (κ1) is 21.5. The molecular formula is C22H23ClN4O3S. The molecule has 0 atom stereocenters. The van der Waals surface area contributed by atoms with Crippen molar-refractivity contribution in [2.45, 2.75) is 26.3 Å². The van der Waals surface area contributed by atoms with Gasteiger partial charge in [0.1, 0.15) is 10.7 Å². The van der Waals surface area contributed by atoms with Gasteiger partial charge in [-0.15, -0.1) is 4.40 Å². The maximum atomic E-state index is 12.7. The highest BCUT2D eigenvalue weighted by atomic mass is 35.5. The number of carbonyl (C=O) groups excluding carboxylic acids is 1. The molecule has 7 nitrogen and oxygen atoms in total. The Bertz CT molecular complexity index is 1140. The fourth-order valence-electron chi connectivity index (χ4n) is 3.97. The van der Waals surface area contributed by atoms with Crippen molar-refractivity contribution in [3.63, 3.8) is 0 Å². The van der Waals surface area contributed by atoms with E-state index in [4.69, 9.17) is 11.6 Å². The van der Waals surface area contributed by atoms with E-state index in [2.05, 4.69) is 14.7 Å². The van der Waals surface area contributed by atoms with E-state index in [0.717, 1.165) is 5.56 Å². The van der Waals surface area contributed by atoms with Gasteiger partial charge < -0.3 is 10.2 Å². The zero-order chi connectivity index (χ0) is 22.0. The number of sulfonamides is 1. The molecule has 2 aliphatic rings. The van der Waals surface area contributed by atoms with Crippen LogP contribution in [0.5, 0.6) is 0 Å². The van der Waals surface area contributed by atoms with E-state index in [-0.39, 0.29) is 16.7 Å². The summed E-state index contributed by atoms with van der Waals surface area (Å²) < 4.78 is 29.5. The summed E-state index contributed by atoms with van der Waals surface area (Å²) >= 11 is 5.93. The third-order valence-corrected chi connectivity index (χ3v) is 7.32. The molecule has 0 unspecified atom stereocenters. The van der Waals surface area contributed by atoms with E-state index in [0.29, 0.717) is 54.5 Å². The second-order valence-corrected chi connectivity index (χ2v) is 9.67. The van der Waals surface area contributed by atoms with E-state index in [1.807, 2.05) is 17.0 Å². The molecule has 0 radical (unpaired) electrons. The minimum Gasteiger partial charge on any atom is -0.356 e. The summed E-state index contributed by atoms with van der Waals surface area (Å²) in [6.07, 6.45) is 4.71. The van der Waals surface area contributed by atoms with Crippen LogP contribution in [-0.4, -0.2) is 43.1 Å². The first-order valence-electron chi connectivity index (χ1n) is 10.1.